The van der Waals surface area contributed by atoms with Crippen LogP contribution in [0.5, 0.6) is 0 Å². The van der Waals surface area contributed by atoms with Gasteiger partial charge in [0.1, 0.15) is 6.04 Å². The van der Waals surface area contributed by atoms with E-state index in [1.54, 1.807) is 13.0 Å². The molecule has 0 saturated carbocycles. The van der Waals surface area contributed by atoms with Crippen LogP contribution in [0.3, 0.4) is 0 Å². The number of anilines is 1. The van der Waals surface area contributed by atoms with Gasteiger partial charge >= 0.3 is 5.97 Å². The molecular formula is C9H13N3O4S. The normalized spacial score (nSPS) is 12.1. The van der Waals surface area contributed by atoms with E-state index in [-0.39, 0.29) is 23.3 Å². The highest BCUT2D eigenvalue weighted by molar-refractivity contribution is 8.00. The SMILES string of the molecule is Cc1cc(NC(=O)CSCC(N)C(=O)O)on1. The summed E-state index contributed by atoms with van der Waals surface area (Å²) in [5, 5.41) is 14.6. The van der Waals surface area contributed by atoms with Crippen LogP contribution >= 0.6 is 11.8 Å². The maximum atomic E-state index is 11.4. The summed E-state index contributed by atoms with van der Waals surface area (Å²) < 4.78 is 4.79. The Bertz CT molecular complexity index is 407. The summed E-state index contributed by atoms with van der Waals surface area (Å²) in [6, 6.07) is 0.631. The first-order valence-electron chi connectivity index (χ1n) is 4.78. The van der Waals surface area contributed by atoms with Crippen molar-refractivity contribution in [1.29, 1.82) is 0 Å². The molecule has 1 heterocycles. The number of nitrogens with two attached hydrogens (primary N) is 1. The van der Waals surface area contributed by atoms with Crippen molar-refractivity contribution in [3.63, 3.8) is 0 Å². The maximum absolute atomic E-state index is 11.4. The summed E-state index contributed by atoms with van der Waals surface area (Å²) in [5.41, 5.74) is 5.95. The number of rotatable bonds is 6. The highest BCUT2D eigenvalue weighted by Gasteiger charge is 2.12. The highest BCUT2D eigenvalue weighted by Crippen LogP contribution is 2.09. The Morgan fingerprint density at radius 1 is 1.71 bits per heavy atom. The number of hydrogen-bond acceptors (Lipinski definition) is 6. The summed E-state index contributed by atoms with van der Waals surface area (Å²) in [6.07, 6.45) is 0. The fourth-order valence-electron chi connectivity index (χ4n) is 0.946. The summed E-state index contributed by atoms with van der Waals surface area (Å²) in [7, 11) is 0. The van der Waals surface area contributed by atoms with Crippen molar-refractivity contribution in [1.82, 2.24) is 5.16 Å². The second-order valence-corrected chi connectivity index (χ2v) is 4.37. The van der Waals surface area contributed by atoms with Gasteiger partial charge < -0.3 is 15.4 Å². The van der Waals surface area contributed by atoms with Crippen molar-refractivity contribution < 1.29 is 19.2 Å². The van der Waals surface area contributed by atoms with Crippen molar-refractivity contribution >= 4 is 29.5 Å². The molecule has 0 bridgehead atoms. The number of carboxylic acids is 1. The largest absolute Gasteiger partial charge is 0.480 e. The molecular weight excluding hydrogens is 246 g/mol. The zero-order chi connectivity index (χ0) is 12.8. The second-order valence-electron chi connectivity index (χ2n) is 3.34. The first kappa shape index (κ1) is 13.5. The van der Waals surface area contributed by atoms with Crippen molar-refractivity contribution in [2.45, 2.75) is 13.0 Å². The number of thioether (sulfide) groups is 1. The molecule has 0 aromatic carbocycles. The molecule has 8 heteroatoms. The Morgan fingerprint density at radius 2 is 2.41 bits per heavy atom. The van der Waals surface area contributed by atoms with Gasteiger partial charge in [-0.05, 0) is 6.92 Å². The lowest BCUT2D eigenvalue weighted by Crippen LogP contribution is -2.33. The average molecular weight is 259 g/mol. The number of aromatic nitrogens is 1. The molecule has 1 amide bonds. The summed E-state index contributed by atoms with van der Waals surface area (Å²) >= 11 is 1.14. The molecule has 0 saturated heterocycles. The minimum absolute atomic E-state index is 0.112. The molecule has 1 aromatic heterocycles. The van der Waals surface area contributed by atoms with Crippen molar-refractivity contribution in [3.8, 4) is 0 Å². The minimum atomic E-state index is -1.08. The van der Waals surface area contributed by atoms with E-state index in [0.717, 1.165) is 11.8 Å². The molecule has 1 atom stereocenters. The quantitative estimate of drug-likeness (QED) is 0.661. The van der Waals surface area contributed by atoms with Crippen LogP contribution in [0.2, 0.25) is 0 Å². The first-order valence-corrected chi connectivity index (χ1v) is 5.94. The van der Waals surface area contributed by atoms with Crippen LogP contribution in [0, 0.1) is 6.92 Å². The fraction of sp³-hybridized carbons (Fsp3) is 0.444. The van der Waals surface area contributed by atoms with Gasteiger partial charge in [-0.25, -0.2) is 0 Å². The van der Waals surface area contributed by atoms with Crippen LogP contribution in [0.1, 0.15) is 5.69 Å². The van der Waals surface area contributed by atoms with Gasteiger partial charge in [0.15, 0.2) is 0 Å². The van der Waals surface area contributed by atoms with E-state index in [0.29, 0.717) is 5.69 Å². The van der Waals surface area contributed by atoms with E-state index in [9.17, 15) is 9.59 Å². The number of amides is 1. The Hall–Kier alpha value is -1.54. The van der Waals surface area contributed by atoms with Gasteiger partial charge in [-0.2, -0.15) is 0 Å². The molecule has 1 aromatic rings. The molecule has 0 radical (unpaired) electrons. The predicted octanol–water partition coefficient (Wildman–Crippen LogP) is 0.0666. The van der Waals surface area contributed by atoms with Crippen LogP contribution in [-0.4, -0.2) is 39.7 Å². The van der Waals surface area contributed by atoms with E-state index in [4.69, 9.17) is 15.4 Å². The summed E-state index contributed by atoms with van der Waals surface area (Å²) in [6.45, 7) is 1.74. The minimum Gasteiger partial charge on any atom is -0.480 e. The topological polar surface area (TPSA) is 118 Å². The lowest BCUT2D eigenvalue weighted by atomic mass is 10.4. The molecule has 17 heavy (non-hydrogen) atoms. The van der Waals surface area contributed by atoms with Crippen molar-refractivity contribution in [2.75, 3.05) is 16.8 Å². The third-order valence-electron chi connectivity index (χ3n) is 1.74. The number of aliphatic carboxylic acids is 1. The Labute approximate surface area is 102 Å². The van der Waals surface area contributed by atoms with Gasteiger partial charge in [-0.3, -0.25) is 14.9 Å². The van der Waals surface area contributed by atoms with E-state index in [1.165, 1.54) is 0 Å². The van der Waals surface area contributed by atoms with Gasteiger partial charge in [0.2, 0.25) is 11.8 Å². The number of aryl methyl sites for hydroxylation is 1. The second kappa shape index (κ2) is 6.26. The summed E-state index contributed by atoms with van der Waals surface area (Å²) in [4.78, 5) is 21.8. The average Bonchev–Trinajstić information content (AvgIpc) is 2.63. The zero-order valence-corrected chi connectivity index (χ0v) is 9.99. The van der Waals surface area contributed by atoms with E-state index in [2.05, 4.69) is 10.5 Å². The van der Waals surface area contributed by atoms with Gasteiger partial charge in [0, 0.05) is 11.8 Å². The lowest BCUT2D eigenvalue weighted by Gasteiger charge is -2.05. The smallest absolute Gasteiger partial charge is 0.321 e. The molecule has 1 rings (SSSR count). The Balaban J connectivity index is 2.24. The third kappa shape index (κ3) is 4.87. The van der Waals surface area contributed by atoms with E-state index < -0.39 is 12.0 Å². The molecule has 0 aliphatic rings. The summed E-state index contributed by atoms with van der Waals surface area (Å²) in [5.74, 6) is -0.804. The lowest BCUT2D eigenvalue weighted by molar-refractivity contribution is -0.137. The molecule has 94 valence electrons. The Kier molecular flexibility index (Phi) is 4.98. The monoisotopic (exact) mass is 259 g/mol. The number of nitrogens with zero attached hydrogens (tertiary/aromatic N) is 1. The third-order valence-corrected chi connectivity index (χ3v) is 2.80. The van der Waals surface area contributed by atoms with Crippen LogP contribution in [0.15, 0.2) is 10.6 Å². The standard InChI is InChI=1S/C9H13N3O4S/c1-5-2-8(16-12-5)11-7(13)4-17-3-6(10)9(14)15/h2,6H,3-4,10H2,1H3,(H,11,13)(H,14,15). The van der Waals surface area contributed by atoms with Crippen molar-refractivity contribution in [3.05, 3.63) is 11.8 Å². The number of carbonyl (C=O) groups is 2. The van der Waals surface area contributed by atoms with Crippen LogP contribution in [0.4, 0.5) is 5.88 Å². The molecule has 0 fully saturated rings. The van der Waals surface area contributed by atoms with E-state index >= 15 is 0 Å². The first-order chi connectivity index (χ1) is 7.99. The molecule has 4 N–H and O–H groups in total. The van der Waals surface area contributed by atoms with Crippen molar-refractivity contribution in [2.24, 2.45) is 5.73 Å². The van der Waals surface area contributed by atoms with Gasteiger partial charge in [0.05, 0.1) is 11.4 Å². The van der Waals surface area contributed by atoms with Crippen LogP contribution in [0.25, 0.3) is 0 Å². The van der Waals surface area contributed by atoms with Gasteiger partial charge in [0.25, 0.3) is 0 Å². The van der Waals surface area contributed by atoms with Gasteiger partial charge in [-0.15, -0.1) is 11.8 Å². The highest BCUT2D eigenvalue weighted by atomic mass is 32.2. The predicted molar refractivity (Wildman–Crippen MR) is 62.8 cm³/mol. The molecule has 0 aliphatic carbocycles. The van der Waals surface area contributed by atoms with Crippen LogP contribution < -0.4 is 11.1 Å². The fourth-order valence-corrected chi connectivity index (χ4v) is 1.72. The molecule has 0 aliphatic heterocycles. The zero-order valence-electron chi connectivity index (χ0n) is 9.17. The van der Waals surface area contributed by atoms with E-state index in [1.807, 2.05) is 0 Å². The number of carboxylic acid groups (broad SMARTS) is 1. The molecule has 7 nitrogen and oxygen atoms in total. The van der Waals surface area contributed by atoms with Gasteiger partial charge in [-0.1, -0.05) is 5.16 Å². The maximum Gasteiger partial charge on any atom is 0.321 e. The number of hydrogen-bond donors (Lipinski definition) is 3. The van der Waals surface area contributed by atoms with Crippen LogP contribution in [-0.2, 0) is 9.59 Å². The number of carbonyl (C=O) groups excluding carboxylic acids is 1. The number of nitrogens with one attached hydrogen (secondary N) is 1. The molecule has 0 spiro atoms. The molecule has 1 unspecified atom stereocenters. The Morgan fingerprint density at radius 3 is 2.94 bits per heavy atom.